The summed E-state index contributed by atoms with van der Waals surface area (Å²) in [5, 5.41) is 8.18. The van der Waals surface area contributed by atoms with Gasteiger partial charge in [0.2, 0.25) is 5.91 Å². The fourth-order valence-electron chi connectivity index (χ4n) is 3.46. The van der Waals surface area contributed by atoms with E-state index in [9.17, 15) is 22.8 Å². The summed E-state index contributed by atoms with van der Waals surface area (Å²) in [4.78, 5) is 28.6. The van der Waals surface area contributed by atoms with Crippen molar-refractivity contribution in [3.63, 3.8) is 0 Å². The number of fused-ring (bicyclic) bond motifs is 1. The van der Waals surface area contributed by atoms with Gasteiger partial charge in [-0.2, -0.15) is 0 Å². The highest BCUT2D eigenvalue weighted by Gasteiger charge is 2.27. The first-order valence-electron chi connectivity index (χ1n) is 9.24. The van der Waals surface area contributed by atoms with E-state index in [0.29, 0.717) is 5.69 Å². The quantitative estimate of drug-likeness (QED) is 0.492. The Hall–Kier alpha value is -4.28. The largest absolute Gasteiger partial charge is 0.366 e. The Morgan fingerprint density at radius 3 is 2.34 bits per heavy atom. The fourth-order valence-corrected chi connectivity index (χ4v) is 3.46. The Bertz CT molecular complexity index is 1420. The topological polar surface area (TPSA) is 130 Å². The highest BCUT2D eigenvalue weighted by Crippen LogP contribution is 2.33. The molecule has 162 valence electrons. The van der Waals surface area contributed by atoms with Gasteiger partial charge in [0.05, 0.1) is 23.3 Å². The van der Waals surface area contributed by atoms with Crippen LogP contribution in [0.5, 0.6) is 0 Å². The van der Waals surface area contributed by atoms with Crippen LogP contribution in [0.3, 0.4) is 0 Å². The maximum Gasteiger partial charge on any atom is 0.268 e. The van der Waals surface area contributed by atoms with Gasteiger partial charge >= 0.3 is 0 Å². The summed E-state index contributed by atoms with van der Waals surface area (Å²) < 4.78 is 42.3. The first-order valence-corrected chi connectivity index (χ1v) is 9.24. The SMILES string of the molecule is Cc1c(-c2c(C(N)=O)nc3cc(F)ccc3c2C(N)=O)nnn1Cc1ccc(F)cc1F. The zero-order valence-electron chi connectivity index (χ0n) is 16.6. The number of aromatic nitrogens is 4. The van der Waals surface area contributed by atoms with E-state index in [1.165, 1.54) is 16.8 Å². The number of rotatable bonds is 5. The van der Waals surface area contributed by atoms with E-state index >= 15 is 0 Å². The third-order valence-electron chi connectivity index (χ3n) is 4.98. The molecule has 2 amide bonds. The molecule has 0 bridgehead atoms. The van der Waals surface area contributed by atoms with Gasteiger partial charge in [-0.05, 0) is 25.1 Å². The molecule has 0 fully saturated rings. The normalized spacial score (nSPS) is 11.1. The number of pyridine rings is 1. The monoisotopic (exact) mass is 440 g/mol. The number of amides is 2. The fraction of sp³-hybridized carbons (Fsp3) is 0.0952. The predicted molar refractivity (Wildman–Crippen MR) is 108 cm³/mol. The van der Waals surface area contributed by atoms with Crippen LogP contribution in [0, 0.1) is 24.4 Å². The summed E-state index contributed by atoms with van der Waals surface area (Å²) in [6, 6.07) is 6.57. The molecule has 2 aromatic heterocycles. The molecule has 11 heteroatoms. The molecule has 4 N–H and O–H groups in total. The average Bonchev–Trinajstić information content (AvgIpc) is 3.08. The maximum atomic E-state index is 14.1. The minimum atomic E-state index is -0.993. The molecule has 0 atom stereocenters. The number of hydrogen-bond donors (Lipinski definition) is 2. The number of benzene rings is 2. The molecule has 2 aromatic carbocycles. The summed E-state index contributed by atoms with van der Waals surface area (Å²) in [7, 11) is 0. The smallest absolute Gasteiger partial charge is 0.268 e. The molecule has 2 heterocycles. The van der Waals surface area contributed by atoms with Crippen molar-refractivity contribution in [3.8, 4) is 11.3 Å². The molecule has 0 aliphatic carbocycles. The van der Waals surface area contributed by atoms with Gasteiger partial charge < -0.3 is 11.5 Å². The van der Waals surface area contributed by atoms with Crippen molar-refractivity contribution in [3.05, 3.63) is 76.4 Å². The second-order valence-electron chi connectivity index (χ2n) is 7.02. The van der Waals surface area contributed by atoms with Crippen LogP contribution >= 0.6 is 0 Å². The molecule has 4 aromatic rings. The molecule has 0 radical (unpaired) electrons. The first-order chi connectivity index (χ1) is 15.2. The number of nitrogens with two attached hydrogens (primary N) is 2. The van der Waals surface area contributed by atoms with E-state index in [0.717, 1.165) is 24.3 Å². The number of carbonyl (C=O) groups excluding carboxylic acids is 2. The molecule has 32 heavy (non-hydrogen) atoms. The zero-order valence-corrected chi connectivity index (χ0v) is 16.6. The van der Waals surface area contributed by atoms with Crippen LogP contribution in [0.25, 0.3) is 22.2 Å². The molecule has 0 aliphatic rings. The molecule has 0 aliphatic heterocycles. The van der Waals surface area contributed by atoms with Crippen molar-refractivity contribution in [2.45, 2.75) is 13.5 Å². The molecule has 0 saturated heterocycles. The van der Waals surface area contributed by atoms with Crippen LogP contribution in [-0.2, 0) is 6.54 Å². The van der Waals surface area contributed by atoms with E-state index in [2.05, 4.69) is 15.3 Å². The highest BCUT2D eigenvalue weighted by atomic mass is 19.1. The van der Waals surface area contributed by atoms with E-state index in [1.54, 1.807) is 6.92 Å². The lowest BCUT2D eigenvalue weighted by Crippen LogP contribution is -2.21. The number of carbonyl (C=O) groups is 2. The van der Waals surface area contributed by atoms with Crippen LogP contribution < -0.4 is 11.5 Å². The molecule has 0 spiro atoms. The van der Waals surface area contributed by atoms with Crippen molar-refractivity contribution >= 4 is 22.7 Å². The van der Waals surface area contributed by atoms with Crippen molar-refractivity contribution in [1.82, 2.24) is 20.0 Å². The molecule has 4 rings (SSSR count). The van der Waals surface area contributed by atoms with Crippen LogP contribution in [0.2, 0.25) is 0 Å². The molecular weight excluding hydrogens is 425 g/mol. The van der Waals surface area contributed by atoms with E-state index < -0.39 is 29.3 Å². The number of primary amides is 2. The zero-order chi connectivity index (χ0) is 23.2. The van der Waals surface area contributed by atoms with Gasteiger partial charge in [0.1, 0.15) is 28.8 Å². The van der Waals surface area contributed by atoms with Gasteiger partial charge in [-0.15, -0.1) is 5.10 Å². The average molecular weight is 440 g/mol. The Morgan fingerprint density at radius 2 is 1.69 bits per heavy atom. The van der Waals surface area contributed by atoms with E-state index in [-0.39, 0.29) is 45.5 Å². The maximum absolute atomic E-state index is 14.1. The highest BCUT2D eigenvalue weighted by molar-refractivity contribution is 6.15. The molecule has 0 unspecified atom stereocenters. The van der Waals surface area contributed by atoms with Crippen LogP contribution in [0.4, 0.5) is 13.2 Å². The number of hydrogen-bond acceptors (Lipinski definition) is 5. The summed E-state index contributed by atoms with van der Waals surface area (Å²) in [5.41, 5.74) is 11.1. The summed E-state index contributed by atoms with van der Waals surface area (Å²) >= 11 is 0. The van der Waals surface area contributed by atoms with E-state index in [1.807, 2.05) is 0 Å². The summed E-state index contributed by atoms with van der Waals surface area (Å²) in [6.45, 7) is 1.47. The van der Waals surface area contributed by atoms with Gasteiger partial charge in [0, 0.05) is 28.6 Å². The van der Waals surface area contributed by atoms with Gasteiger partial charge in [-0.1, -0.05) is 11.3 Å². The van der Waals surface area contributed by atoms with Gasteiger partial charge in [0.15, 0.2) is 0 Å². The number of nitrogens with zero attached hydrogens (tertiary/aromatic N) is 4. The number of halogens is 3. The Morgan fingerprint density at radius 1 is 1.00 bits per heavy atom. The van der Waals surface area contributed by atoms with Crippen molar-refractivity contribution in [2.75, 3.05) is 0 Å². The lowest BCUT2D eigenvalue weighted by atomic mass is 9.96. The Kier molecular flexibility index (Phi) is 5.09. The molecule has 8 nitrogen and oxygen atoms in total. The van der Waals surface area contributed by atoms with E-state index in [4.69, 9.17) is 11.5 Å². The molecular formula is C21H15F3N6O2. The van der Waals surface area contributed by atoms with Crippen LogP contribution in [-0.4, -0.2) is 31.8 Å². The Labute approximate surface area is 178 Å². The lowest BCUT2D eigenvalue weighted by molar-refractivity contribution is 0.0996. The predicted octanol–water partition coefficient (Wildman–Crippen LogP) is 2.47. The summed E-state index contributed by atoms with van der Waals surface area (Å²) in [6.07, 6.45) is 0. The summed E-state index contributed by atoms with van der Waals surface area (Å²) in [5.74, 6) is -4.04. The molecule has 0 saturated carbocycles. The third kappa shape index (κ3) is 3.53. The van der Waals surface area contributed by atoms with Gasteiger partial charge in [-0.3, -0.25) is 9.59 Å². The minimum absolute atomic E-state index is 0.00905. The standard InChI is InChI=1S/C21H15F3N6O2/c1-9-18(28-29-30(9)8-10-2-3-11(22)6-14(10)24)17-16(20(25)31)13-5-4-12(23)7-15(13)27-19(17)21(26)32/h2-7H,8H2,1H3,(H2,25,31)(H2,26,32). The van der Waals surface area contributed by atoms with Crippen LogP contribution in [0.1, 0.15) is 32.1 Å². The second kappa shape index (κ2) is 7.76. The third-order valence-corrected chi connectivity index (χ3v) is 4.98. The van der Waals surface area contributed by atoms with Crippen molar-refractivity contribution < 1.29 is 22.8 Å². The van der Waals surface area contributed by atoms with Gasteiger partial charge in [-0.25, -0.2) is 22.8 Å². The van der Waals surface area contributed by atoms with Crippen LogP contribution in [0.15, 0.2) is 36.4 Å². The minimum Gasteiger partial charge on any atom is -0.366 e. The van der Waals surface area contributed by atoms with Crippen molar-refractivity contribution in [1.29, 1.82) is 0 Å². The Balaban J connectivity index is 1.94. The van der Waals surface area contributed by atoms with Crippen molar-refractivity contribution in [2.24, 2.45) is 11.5 Å². The van der Waals surface area contributed by atoms with Gasteiger partial charge in [0.25, 0.3) is 5.91 Å². The first kappa shape index (κ1) is 21.0. The lowest BCUT2D eigenvalue weighted by Gasteiger charge is -2.13. The second-order valence-corrected chi connectivity index (χ2v) is 7.02.